The van der Waals surface area contributed by atoms with Crippen molar-refractivity contribution in [1.29, 1.82) is 0 Å². The number of rotatable bonds is 1. The third kappa shape index (κ3) is 0.855. The Bertz CT molecular complexity index is 228. The minimum Gasteiger partial charge on any atom is -0.481 e. The van der Waals surface area contributed by atoms with Crippen LogP contribution < -0.4 is 0 Å². The van der Waals surface area contributed by atoms with Gasteiger partial charge in [-0.05, 0) is 11.8 Å². The average molecular weight is 171 g/mol. The summed E-state index contributed by atoms with van der Waals surface area (Å²) in [5.41, 5.74) is 0. The molecule has 5 heteroatoms. The smallest absolute Gasteiger partial charge is 0.407 e. The van der Waals surface area contributed by atoms with Crippen LogP contribution in [0, 0.1) is 17.8 Å². The van der Waals surface area contributed by atoms with Crippen LogP contribution in [0.25, 0.3) is 0 Å². The normalized spacial score (nSPS) is 37.7. The van der Waals surface area contributed by atoms with Gasteiger partial charge in [0.05, 0.1) is 5.92 Å². The number of carbonyl (C=O) groups is 2. The second-order valence-corrected chi connectivity index (χ2v) is 3.38. The minimum atomic E-state index is -0.939. The average Bonchev–Trinajstić information content (AvgIpc) is 2.48. The molecule has 2 rings (SSSR count). The van der Waals surface area contributed by atoms with Crippen LogP contribution in [-0.4, -0.2) is 40.3 Å². The highest BCUT2D eigenvalue weighted by atomic mass is 16.4. The van der Waals surface area contributed by atoms with E-state index < -0.39 is 12.1 Å². The quantitative estimate of drug-likeness (QED) is 0.578. The summed E-state index contributed by atoms with van der Waals surface area (Å²) in [7, 11) is 0. The lowest BCUT2D eigenvalue weighted by molar-refractivity contribution is -0.139. The fraction of sp³-hybridized carbons (Fsp3) is 0.714. The number of likely N-dealkylation sites (tertiary alicyclic amines) is 1. The lowest BCUT2D eigenvalue weighted by Gasteiger charge is -2.13. The first kappa shape index (κ1) is 7.39. The van der Waals surface area contributed by atoms with Crippen molar-refractivity contribution < 1.29 is 19.8 Å². The molecule has 0 aromatic rings. The van der Waals surface area contributed by atoms with Gasteiger partial charge in [-0.2, -0.15) is 0 Å². The molecule has 1 saturated heterocycles. The Morgan fingerprint density at radius 3 is 2.00 bits per heavy atom. The highest BCUT2D eigenvalue weighted by Crippen LogP contribution is 2.51. The van der Waals surface area contributed by atoms with Crippen molar-refractivity contribution in [2.45, 2.75) is 0 Å². The van der Waals surface area contributed by atoms with Gasteiger partial charge in [0.2, 0.25) is 0 Å². The third-order valence-electron chi connectivity index (χ3n) is 2.75. The molecule has 1 aliphatic heterocycles. The van der Waals surface area contributed by atoms with Gasteiger partial charge in [0.15, 0.2) is 0 Å². The zero-order valence-corrected chi connectivity index (χ0v) is 6.30. The molecule has 2 fully saturated rings. The summed E-state index contributed by atoms with van der Waals surface area (Å²) in [5.74, 6) is -0.896. The Kier molecular flexibility index (Phi) is 1.31. The van der Waals surface area contributed by atoms with Crippen LogP contribution in [0.3, 0.4) is 0 Å². The molecule has 66 valence electrons. The van der Waals surface area contributed by atoms with Gasteiger partial charge in [-0.3, -0.25) is 4.79 Å². The Labute approximate surface area is 68.6 Å². The van der Waals surface area contributed by atoms with Crippen molar-refractivity contribution in [3.05, 3.63) is 0 Å². The second kappa shape index (κ2) is 2.12. The number of carboxylic acid groups (broad SMARTS) is 2. The van der Waals surface area contributed by atoms with Crippen LogP contribution >= 0.6 is 0 Å². The molecule has 12 heavy (non-hydrogen) atoms. The Morgan fingerprint density at radius 1 is 1.17 bits per heavy atom. The van der Waals surface area contributed by atoms with Crippen LogP contribution in [0.5, 0.6) is 0 Å². The predicted octanol–water partition coefficient (Wildman–Crippen LogP) is -0.0732. The lowest BCUT2D eigenvalue weighted by atomic mass is 10.3. The molecule has 2 aliphatic rings. The lowest BCUT2D eigenvalue weighted by Crippen LogP contribution is -2.30. The maximum absolute atomic E-state index is 10.5. The maximum Gasteiger partial charge on any atom is 0.407 e. The number of nitrogens with zero attached hydrogens (tertiary/aromatic N) is 1. The molecular weight excluding hydrogens is 162 g/mol. The highest BCUT2D eigenvalue weighted by Gasteiger charge is 2.60. The standard InChI is InChI=1S/C7H9NO4/c9-6(10)5-3-1-8(7(11)12)2-4(3)5/h3-5H,1-2H2,(H,9,10)(H,11,12)/t3-,4-/m0/s1. The van der Waals surface area contributed by atoms with Crippen LogP contribution in [0.2, 0.25) is 0 Å². The number of hydrogen-bond acceptors (Lipinski definition) is 2. The van der Waals surface area contributed by atoms with E-state index in [4.69, 9.17) is 10.2 Å². The number of aliphatic carboxylic acids is 1. The summed E-state index contributed by atoms with van der Waals surface area (Å²) in [4.78, 5) is 22.2. The van der Waals surface area contributed by atoms with Gasteiger partial charge in [0.1, 0.15) is 0 Å². The monoisotopic (exact) mass is 171 g/mol. The first-order valence-electron chi connectivity index (χ1n) is 3.82. The highest BCUT2D eigenvalue weighted by molar-refractivity contribution is 5.76. The number of amides is 1. The van der Waals surface area contributed by atoms with Crippen LogP contribution in [0.4, 0.5) is 4.79 Å². The van der Waals surface area contributed by atoms with E-state index >= 15 is 0 Å². The van der Waals surface area contributed by atoms with E-state index in [0.717, 1.165) is 0 Å². The number of hydrogen-bond donors (Lipinski definition) is 2. The zero-order valence-electron chi connectivity index (χ0n) is 6.30. The zero-order chi connectivity index (χ0) is 8.88. The number of piperidine rings is 1. The van der Waals surface area contributed by atoms with E-state index in [1.165, 1.54) is 4.90 Å². The molecule has 0 spiro atoms. The summed E-state index contributed by atoms with van der Waals surface area (Å²) in [6, 6.07) is 0. The van der Waals surface area contributed by atoms with Gasteiger partial charge < -0.3 is 15.1 Å². The fourth-order valence-electron chi connectivity index (χ4n) is 2.05. The summed E-state index contributed by atoms with van der Waals surface area (Å²) in [6.07, 6.45) is -0.939. The van der Waals surface area contributed by atoms with Crippen molar-refractivity contribution in [2.24, 2.45) is 17.8 Å². The van der Waals surface area contributed by atoms with Gasteiger partial charge in [0, 0.05) is 13.1 Å². The summed E-state index contributed by atoms with van der Waals surface area (Å²) >= 11 is 0. The van der Waals surface area contributed by atoms with Crippen LogP contribution in [0.1, 0.15) is 0 Å². The van der Waals surface area contributed by atoms with Crippen molar-refractivity contribution in [3.63, 3.8) is 0 Å². The molecule has 2 N–H and O–H groups in total. The Morgan fingerprint density at radius 2 is 1.67 bits per heavy atom. The van der Waals surface area contributed by atoms with E-state index in [-0.39, 0.29) is 17.8 Å². The molecule has 1 saturated carbocycles. The van der Waals surface area contributed by atoms with Gasteiger partial charge >= 0.3 is 12.1 Å². The first-order chi connectivity index (χ1) is 5.61. The molecule has 0 bridgehead atoms. The SMILES string of the molecule is O=C(O)C1[C@H]2CN(C(=O)O)C[C@H]12. The van der Waals surface area contributed by atoms with E-state index in [1.54, 1.807) is 0 Å². The van der Waals surface area contributed by atoms with Gasteiger partial charge in [-0.15, -0.1) is 0 Å². The number of carboxylic acids is 1. The van der Waals surface area contributed by atoms with Crippen molar-refractivity contribution in [2.75, 3.05) is 13.1 Å². The molecule has 0 aromatic heterocycles. The van der Waals surface area contributed by atoms with Gasteiger partial charge in [-0.1, -0.05) is 0 Å². The van der Waals surface area contributed by atoms with E-state index in [9.17, 15) is 9.59 Å². The Hall–Kier alpha value is -1.26. The van der Waals surface area contributed by atoms with Crippen LogP contribution in [0.15, 0.2) is 0 Å². The largest absolute Gasteiger partial charge is 0.481 e. The molecular formula is C7H9NO4. The summed E-state index contributed by atoms with van der Waals surface area (Å²) in [5, 5.41) is 17.2. The van der Waals surface area contributed by atoms with E-state index in [2.05, 4.69) is 0 Å². The summed E-state index contributed by atoms with van der Waals surface area (Å²) in [6.45, 7) is 0.800. The van der Waals surface area contributed by atoms with Gasteiger partial charge in [-0.25, -0.2) is 4.79 Å². The Balaban J connectivity index is 1.94. The van der Waals surface area contributed by atoms with Gasteiger partial charge in [0.25, 0.3) is 0 Å². The molecule has 0 unspecified atom stereocenters. The number of fused-ring (bicyclic) bond motifs is 1. The molecule has 2 atom stereocenters. The van der Waals surface area contributed by atoms with Crippen molar-refractivity contribution >= 4 is 12.1 Å². The van der Waals surface area contributed by atoms with E-state index in [0.29, 0.717) is 13.1 Å². The molecule has 1 aliphatic carbocycles. The van der Waals surface area contributed by atoms with Crippen molar-refractivity contribution in [1.82, 2.24) is 4.90 Å². The molecule has 5 nitrogen and oxygen atoms in total. The topological polar surface area (TPSA) is 77.8 Å². The minimum absolute atomic E-state index is 0.0820. The molecule has 0 radical (unpaired) electrons. The molecule has 1 amide bonds. The maximum atomic E-state index is 10.5. The predicted molar refractivity (Wildman–Crippen MR) is 37.7 cm³/mol. The summed E-state index contributed by atoms with van der Waals surface area (Å²) < 4.78 is 0. The third-order valence-corrected chi connectivity index (χ3v) is 2.75. The molecule has 1 heterocycles. The fourth-order valence-corrected chi connectivity index (χ4v) is 2.05. The van der Waals surface area contributed by atoms with Crippen molar-refractivity contribution in [3.8, 4) is 0 Å². The second-order valence-electron chi connectivity index (χ2n) is 3.38. The van der Waals surface area contributed by atoms with Crippen LogP contribution in [-0.2, 0) is 4.79 Å². The first-order valence-corrected chi connectivity index (χ1v) is 3.82. The van der Waals surface area contributed by atoms with E-state index in [1.807, 2.05) is 0 Å². The molecule has 0 aromatic carbocycles.